The maximum atomic E-state index is 12.7. The van der Waals surface area contributed by atoms with Crippen LogP contribution in [0.4, 0.5) is 5.69 Å². The molecule has 3 heterocycles. The molecule has 33 heavy (non-hydrogen) atoms. The minimum atomic E-state index is -0.520. The van der Waals surface area contributed by atoms with E-state index >= 15 is 0 Å². The molecule has 2 amide bonds. The van der Waals surface area contributed by atoms with Gasteiger partial charge >= 0.3 is 0 Å². The van der Waals surface area contributed by atoms with Crippen LogP contribution in [0.2, 0.25) is 5.02 Å². The highest BCUT2D eigenvalue weighted by atomic mass is 35.5. The van der Waals surface area contributed by atoms with Gasteiger partial charge in [0.05, 0.1) is 23.1 Å². The highest BCUT2D eigenvalue weighted by molar-refractivity contribution is 6.32. The Hall–Kier alpha value is -4.05. The van der Waals surface area contributed by atoms with Crippen molar-refractivity contribution in [1.82, 2.24) is 24.9 Å². The van der Waals surface area contributed by atoms with E-state index in [1.54, 1.807) is 61.5 Å². The third kappa shape index (κ3) is 5.24. The largest absolute Gasteiger partial charge is 0.484 e. The molecule has 2 N–H and O–H groups in total. The van der Waals surface area contributed by atoms with Gasteiger partial charge in [-0.3, -0.25) is 19.0 Å². The van der Waals surface area contributed by atoms with E-state index in [1.807, 2.05) is 0 Å². The Morgan fingerprint density at radius 3 is 2.67 bits per heavy atom. The van der Waals surface area contributed by atoms with E-state index in [1.165, 1.54) is 16.9 Å². The van der Waals surface area contributed by atoms with Crippen molar-refractivity contribution >= 4 is 29.1 Å². The zero-order chi connectivity index (χ0) is 23.4. The van der Waals surface area contributed by atoms with Gasteiger partial charge in [0.15, 0.2) is 5.76 Å². The summed E-state index contributed by atoms with van der Waals surface area (Å²) in [5.41, 5.74) is 1.32. The van der Waals surface area contributed by atoms with Crippen LogP contribution in [-0.4, -0.2) is 31.4 Å². The maximum absolute atomic E-state index is 12.7. The van der Waals surface area contributed by atoms with E-state index in [0.717, 1.165) is 5.56 Å². The maximum Gasteiger partial charge on any atom is 0.291 e. The van der Waals surface area contributed by atoms with E-state index in [4.69, 9.17) is 20.8 Å². The normalized spacial score (nSPS) is 10.8. The van der Waals surface area contributed by atoms with Gasteiger partial charge in [-0.1, -0.05) is 23.7 Å². The fourth-order valence-corrected chi connectivity index (χ4v) is 3.29. The van der Waals surface area contributed by atoms with E-state index in [2.05, 4.69) is 20.8 Å². The molecule has 0 spiro atoms. The second kappa shape index (κ2) is 9.61. The molecule has 170 valence electrons. The lowest BCUT2D eigenvalue weighted by Gasteiger charge is -2.08. The summed E-state index contributed by atoms with van der Waals surface area (Å²) in [5, 5.41) is 14.1. The summed E-state index contributed by atoms with van der Waals surface area (Å²) in [5.74, 6) is 0.119. The number of para-hydroxylation sites is 1. The summed E-state index contributed by atoms with van der Waals surface area (Å²) in [6.07, 6.45) is 4.87. The van der Waals surface area contributed by atoms with Crippen LogP contribution in [0, 0.1) is 0 Å². The predicted molar refractivity (Wildman–Crippen MR) is 120 cm³/mol. The number of ether oxygens (including phenoxy) is 1. The summed E-state index contributed by atoms with van der Waals surface area (Å²) >= 11 is 6.07. The average Bonchev–Trinajstić information content (AvgIpc) is 3.52. The lowest BCUT2D eigenvalue weighted by molar-refractivity contribution is 0.0942. The Balaban J connectivity index is 1.39. The van der Waals surface area contributed by atoms with Crippen LogP contribution < -0.4 is 15.4 Å². The van der Waals surface area contributed by atoms with Gasteiger partial charge in [-0.25, -0.2) is 0 Å². The Labute approximate surface area is 194 Å². The van der Waals surface area contributed by atoms with Crippen molar-refractivity contribution in [3.8, 4) is 5.75 Å². The number of hydrogen-bond acceptors (Lipinski definition) is 6. The minimum Gasteiger partial charge on any atom is -0.484 e. The number of carbonyl (C=O) groups excluding carboxylic acids is 2. The molecule has 10 nitrogen and oxygen atoms in total. The topological polar surface area (TPSA) is 116 Å². The molecule has 0 aliphatic carbocycles. The van der Waals surface area contributed by atoms with E-state index in [9.17, 15) is 9.59 Å². The fraction of sp³-hybridized carbons (Fsp3) is 0.182. The molecule has 3 aromatic heterocycles. The molecule has 4 rings (SSSR count). The molecular formula is C22H21ClN6O4. The zero-order valence-corrected chi connectivity index (χ0v) is 18.7. The van der Waals surface area contributed by atoms with Crippen LogP contribution in [-0.2, 0) is 27.2 Å². The lowest BCUT2D eigenvalue weighted by atomic mass is 10.3. The van der Waals surface area contributed by atoms with Crippen LogP contribution in [0.25, 0.3) is 0 Å². The molecule has 4 aromatic rings. The summed E-state index contributed by atoms with van der Waals surface area (Å²) in [6, 6.07) is 10.2. The fourth-order valence-electron chi connectivity index (χ4n) is 3.10. The first-order chi connectivity index (χ1) is 15.9. The standard InChI is InChI=1S/C22H21ClN6O4/c1-28-12-14(10-25-28)9-24-22(31)20-17(11-26-29(20)2)27-21(30)19-8-7-15(33-19)13-32-18-6-4-3-5-16(18)23/h3-8,10-12H,9,13H2,1-2H3,(H,24,31)(H,27,30). The molecule has 0 atom stereocenters. The first-order valence-electron chi connectivity index (χ1n) is 9.96. The van der Waals surface area contributed by atoms with Crippen molar-refractivity contribution < 1.29 is 18.7 Å². The van der Waals surface area contributed by atoms with Gasteiger partial charge in [0.25, 0.3) is 11.8 Å². The molecule has 0 aliphatic rings. The summed E-state index contributed by atoms with van der Waals surface area (Å²) < 4.78 is 14.2. The Bertz CT molecular complexity index is 1290. The van der Waals surface area contributed by atoms with E-state index in [0.29, 0.717) is 16.5 Å². The van der Waals surface area contributed by atoms with Crippen molar-refractivity contribution in [2.45, 2.75) is 13.2 Å². The van der Waals surface area contributed by atoms with Crippen molar-refractivity contribution in [2.24, 2.45) is 14.1 Å². The molecule has 1 aromatic carbocycles. The van der Waals surface area contributed by atoms with Crippen LogP contribution in [0.3, 0.4) is 0 Å². The molecule has 0 aliphatic heterocycles. The first-order valence-corrected chi connectivity index (χ1v) is 10.3. The number of amides is 2. The van der Waals surface area contributed by atoms with Gasteiger partial charge < -0.3 is 19.8 Å². The number of halogens is 1. The van der Waals surface area contributed by atoms with Crippen LogP contribution >= 0.6 is 11.6 Å². The number of benzene rings is 1. The smallest absolute Gasteiger partial charge is 0.291 e. The Morgan fingerprint density at radius 1 is 1.09 bits per heavy atom. The van der Waals surface area contributed by atoms with Gasteiger partial charge in [-0.05, 0) is 24.3 Å². The third-order valence-corrected chi connectivity index (χ3v) is 5.02. The molecule has 0 unspecified atom stereocenters. The molecule has 0 fully saturated rings. The predicted octanol–water partition coefficient (Wildman–Crippen LogP) is 3.16. The van der Waals surface area contributed by atoms with Gasteiger partial charge in [0.1, 0.15) is 23.8 Å². The summed E-state index contributed by atoms with van der Waals surface area (Å²) in [7, 11) is 3.41. The molecule has 0 radical (unpaired) electrons. The minimum absolute atomic E-state index is 0.0679. The molecule has 11 heteroatoms. The second-order valence-corrected chi connectivity index (χ2v) is 7.58. The summed E-state index contributed by atoms with van der Waals surface area (Å²) in [6.45, 7) is 0.393. The number of nitrogens with one attached hydrogen (secondary N) is 2. The summed E-state index contributed by atoms with van der Waals surface area (Å²) in [4.78, 5) is 25.4. The molecule has 0 saturated carbocycles. The van der Waals surface area contributed by atoms with Crippen molar-refractivity contribution in [1.29, 1.82) is 0 Å². The van der Waals surface area contributed by atoms with Gasteiger partial charge in [-0.2, -0.15) is 10.2 Å². The van der Waals surface area contributed by atoms with Crippen LogP contribution in [0.5, 0.6) is 5.75 Å². The number of aromatic nitrogens is 4. The zero-order valence-electron chi connectivity index (χ0n) is 17.9. The molecule has 0 saturated heterocycles. The van der Waals surface area contributed by atoms with Gasteiger partial charge in [0, 0.05) is 32.4 Å². The second-order valence-electron chi connectivity index (χ2n) is 7.17. The monoisotopic (exact) mass is 468 g/mol. The van der Waals surface area contributed by atoms with Crippen LogP contribution in [0.15, 0.2) is 59.4 Å². The number of furan rings is 1. The third-order valence-electron chi connectivity index (χ3n) is 4.71. The van der Waals surface area contributed by atoms with Gasteiger partial charge in [-0.15, -0.1) is 0 Å². The van der Waals surface area contributed by atoms with E-state index in [-0.39, 0.29) is 36.2 Å². The van der Waals surface area contributed by atoms with Crippen molar-refractivity contribution in [2.75, 3.05) is 5.32 Å². The van der Waals surface area contributed by atoms with Crippen molar-refractivity contribution in [3.63, 3.8) is 0 Å². The Kier molecular flexibility index (Phi) is 6.45. The van der Waals surface area contributed by atoms with Crippen LogP contribution in [0.1, 0.15) is 32.4 Å². The van der Waals surface area contributed by atoms with E-state index < -0.39 is 5.91 Å². The number of aryl methyl sites for hydroxylation is 2. The SMILES string of the molecule is Cn1cc(CNC(=O)c2c(NC(=O)c3ccc(COc4ccccc4Cl)o3)cnn2C)cn1. The quantitative estimate of drug-likeness (QED) is 0.410. The number of hydrogen-bond donors (Lipinski definition) is 2. The first kappa shape index (κ1) is 22.2. The Morgan fingerprint density at radius 2 is 1.91 bits per heavy atom. The average molecular weight is 469 g/mol. The number of carbonyl (C=O) groups is 2. The lowest BCUT2D eigenvalue weighted by Crippen LogP contribution is -2.26. The number of rotatable bonds is 8. The molecule has 0 bridgehead atoms. The number of anilines is 1. The number of nitrogens with zero attached hydrogens (tertiary/aromatic N) is 4. The van der Waals surface area contributed by atoms with Crippen molar-refractivity contribution in [3.05, 3.63) is 82.8 Å². The van der Waals surface area contributed by atoms with Gasteiger partial charge in [0.2, 0.25) is 0 Å². The highest BCUT2D eigenvalue weighted by Crippen LogP contribution is 2.24. The highest BCUT2D eigenvalue weighted by Gasteiger charge is 2.21. The molecular weight excluding hydrogens is 448 g/mol.